The van der Waals surface area contributed by atoms with E-state index in [0.717, 1.165) is 19.4 Å². The Morgan fingerprint density at radius 2 is 2.17 bits per heavy atom. The lowest BCUT2D eigenvalue weighted by Crippen LogP contribution is -2.56. The van der Waals surface area contributed by atoms with E-state index in [1.807, 2.05) is 20.8 Å². The van der Waals surface area contributed by atoms with E-state index < -0.39 is 5.60 Å². The molecule has 0 radical (unpaired) electrons. The number of rotatable bonds is 1. The third-order valence-corrected chi connectivity index (χ3v) is 3.68. The standard InChI is InChI=1S/C13H24N2O3/c1-13(2,3)18-12(16)15-6-4-11-9(5-7-17-11)10(15)8-14/h9-11H,4-8,14H2,1-3H3. The summed E-state index contributed by atoms with van der Waals surface area (Å²) in [6, 6.07) is 0.0566. The Morgan fingerprint density at radius 3 is 2.78 bits per heavy atom. The third-order valence-electron chi connectivity index (χ3n) is 3.68. The van der Waals surface area contributed by atoms with Crippen molar-refractivity contribution in [2.75, 3.05) is 19.7 Å². The highest BCUT2D eigenvalue weighted by Crippen LogP contribution is 2.34. The number of carbonyl (C=O) groups is 1. The van der Waals surface area contributed by atoms with E-state index in [-0.39, 0.29) is 18.2 Å². The molecule has 1 amide bonds. The Balaban J connectivity index is 2.05. The van der Waals surface area contributed by atoms with Gasteiger partial charge in [-0.25, -0.2) is 4.79 Å². The summed E-state index contributed by atoms with van der Waals surface area (Å²) in [6.45, 7) is 7.59. The molecule has 3 unspecified atom stereocenters. The van der Waals surface area contributed by atoms with Crippen molar-refractivity contribution >= 4 is 6.09 Å². The van der Waals surface area contributed by atoms with Gasteiger partial charge in [0, 0.05) is 25.6 Å². The lowest BCUT2D eigenvalue weighted by Gasteiger charge is -2.41. The van der Waals surface area contributed by atoms with Gasteiger partial charge in [-0.1, -0.05) is 0 Å². The molecule has 5 nitrogen and oxygen atoms in total. The van der Waals surface area contributed by atoms with Gasteiger partial charge in [0.2, 0.25) is 0 Å². The van der Waals surface area contributed by atoms with E-state index in [9.17, 15) is 4.79 Å². The van der Waals surface area contributed by atoms with Crippen molar-refractivity contribution in [2.24, 2.45) is 11.7 Å². The van der Waals surface area contributed by atoms with Crippen molar-refractivity contribution in [1.82, 2.24) is 4.90 Å². The molecule has 18 heavy (non-hydrogen) atoms. The van der Waals surface area contributed by atoms with Gasteiger partial charge in [0.05, 0.1) is 12.1 Å². The van der Waals surface area contributed by atoms with Crippen molar-refractivity contribution in [3.8, 4) is 0 Å². The van der Waals surface area contributed by atoms with Crippen LogP contribution in [0, 0.1) is 5.92 Å². The first kappa shape index (κ1) is 13.6. The average molecular weight is 256 g/mol. The van der Waals surface area contributed by atoms with E-state index in [0.29, 0.717) is 19.0 Å². The van der Waals surface area contributed by atoms with Crippen molar-refractivity contribution in [3.63, 3.8) is 0 Å². The minimum Gasteiger partial charge on any atom is -0.444 e. The minimum absolute atomic E-state index is 0.0566. The van der Waals surface area contributed by atoms with Gasteiger partial charge in [-0.05, 0) is 33.6 Å². The predicted octanol–water partition coefficient (Wildman–Crippen LogP) is 1.36. The van der Waals surface area contributed by atoms with Gasteiger partial charge in [0.15, 0.2) is 0 Å². The van der Waals surface area contributed by atoms with Crippen LogP contribution in [0.25, 0.3) is 0 Å². The van der Waals surface area contributed by atoms with Crippen molar-refractivity contribution in [1.29, 1.82) is 0 Å². The summed E-state index contributed by atoms with van der Waals surface area (Å²) >= 11 is 0. The van der Waals surface area contributed by atoms with Crippen LogP contribution in [0.4, 0.5) is 4.79 Å². The monoisotopic (exact) mass is 256 g/mol. The fourth-order valence-electron chi connectivity index (χ4n) is 2.92. The molecule has 2 saturated heterocycles. The molecule has 2 N–H and O–H groups in total. The normalized spacial score (nSPS) is 32.2. The minimum atomic E-state index is -0.459. The number of nitrogens with two attached hydrogens (primary N) is 1. The summed E-state index contributed by atoms with van der Waals surface area (Å²) in [5, 5.41) is 0. The zero-order chi connectivity index (χ0) is 13.3. The van der Waals surface area contributed by atoms with Crippen LogP contribution in [0.3, 0.4) is 0 Å². The molecule has 104 valence electrons. The van der Waals surface area contributed by atoms with Crippen LogP contribution in [-0.4, -0.2) is 48.4 Å². The second-order valence-corrected chi connectivity index (χ2v) is 6.13. The molecule has 2 aliphatic rings. The number of likely N-dealkylation sites (tertiary alicyclic amines) is 1. The number of ether oxygens (including phenoxy) is 2. The van der Waals surface area contributed by atoms with Gasteiger partial charge in [-0.3, -0.25) is 0 Å². The van der Waals surface area contributed by atoms with E-state index in [1.54, 1.807) is 4.90 Å². The van der Waals surface area contributed by atoms with Crippen molar-refractivity contribution in [3.05, 3.63) is 0 Å². The summed E-state index contributed by atoms with van der Waals surface area (Å²) in [4.78, 5) is 14.0. The molecule has 0 aromatic carbocycles. The smallest absolute Gasteiger partial charge is 0.410 e. The summed E-state index contributed by atoms with van der Waals surface area (Å²) in [6.07, 6.45) is 1.91. The molecule has 0 saturated carbocycles. The average Bonchev–Trinajstić information content (AvgIpc) is 2.72. The van der Waals surface area contributed by atoms with Gasteiger partial charge >= 0.3 is 6.09 Å². The highest BCUT2D eigenvalue weighted by Gasteiger charge is 2.43. The SMILES string of the molecule is CC(C)(C)OC(=O)N1CCC2OCCC2C1CN. The number of carbonyl (C=O) groups excluding carboxylic acids is 1. The van der Waals surface area contributed by atoms with Gasteiger partial charge in [0.25, 0.3) is 0 Å². The molecule has 2 aliphatic heterocycles. The first-order chi connectivity index (χ1) is 8.42. The maximum absolute atomic E-state index is 12.2. The molecular weight excluding hydrogens is 232 g/mol. The van der Waals surface area contributed by atoms with Crippen LogP contribution in [0.2, 0.25) is 0 Å². The lowest BCUT2D eigenvalue weighted by molar-refractivity contribution is -0.0230. The van der Waals surface area contributed by atoms with Gasteiger partial charge in [0.1, 0.15) is 5.60 Å². The maximum atomic E-state index is 12.2. The van der Waals surface area contributed by atoms with Crippen LogP contribution >= 0.6 is 0 Å². The van der Waals surface area contributed by atoms with Gasteiger partial charge in [-0.2, -0.15) is 0 Å². The second kappa shape index (κ2) is 5.05. The van der Waals surface area contributed by atoms with Crippen LogP contribution < -0.4 is 5.73 Å². The Morgan fingerprint density at radius 1 is 1.44 bits per heavy atom. The van der Waals surface area contributed by atoms with Crippen LogP contribution in [-0.2, 0) is 9.47 Å². The molecule has 0 aromatic heterocycles. The number of nitrogens with zero attached hydrogens (tertiary/aromatic N) is 1. The molecule has 0 aliphatic carbocycles. The number of hydrogen-bond donors (Lipinski definition) is 1. The molecule has 5 heteroatoms. The molecule has 2 fully saturated rings. The molecule has 2 rings (SSSR count). The summed E-state index contributed by atoms with van der Waals surface area (Å²) in [5.74, 6) is 0.372. The molecule has 2 heterocycles. The molecule has 0 spiro atoms. The number of hydrogen-bond acceptors (Lipinski definition) is 4. The van der Waals surface area contributed by atoms with Gasteiger partial charge in [-0.15, -0.1) is 0 Å². The first-order valence-electron chi connectivity index (χ1n) is 6.73. The zero-order valence-corrected chi connectivity index (χ0v) is 11.5. The number of fused-ring (bicyclic) bond motifs is 1. The van der Waals surface area contributed by atoms with Crippen LogP contribution in [0.5, 0.6) is 0 Å². The van der Waals surface area contributed by atoms with Crippen molar-refractivity contribution in [2.45, 2.75) is 51.4 Å². The summed E-state index contributed by atoms with van der Waals surface area (Å²) < 4.78 is 11.1. The highest BCUT2D eigenvalue weighted by molar-refractivity contribution is 5.68. The largest absolute Gasteiger partial charge is 0.444 e. The Hall–Kier alpha value is -0.810. The van der Waals surface area contributed by atoms with Crippen LogP contribution in [0.1, 0.15) is 33.6 Å². The highest BCUT2D eigenvalue weighted by atomic mass is 16.6. The van der Waals surface area contributed by atoms with E-state index in [4.69, 9.17) is 15.2 Å². The Labute approximate surface area is 109 Å². The van der Waals surface area contributed by atoms with Crippen molar-refractivity contribution < 1.29 is 14.3 Å². The molecule has 0 aromatic rings. The maximum Gasteiger partial charge on any atom is 0.410 e. The topological polar surface area (TPSA) is 64.8 Å². The predicted molar refractivity (Wildman–Crippen MR) is 68.2 cm³/mol. The second-order valence-electron chi connectivity index (χ2n) is 6.13. The lowest BCUT2D eigenvalue weighted by atomic mass is 9.86. The molecule has 0 bridgehead atoms. The Kier molecular flexibility index (Phi) is 3.82. The zero-order valence-electron chi connectivity index (χ0n) is 11.5. The van der Waals surface area contributed by atoms with Crippen LogP contribution in [0.15, 0.2) is 0 Å². The molecular formula is C13H24N2O3. The first-order valence-corrected chi connectivity index (χ1v) is 6.73. The van der Waals surface area contributed by atoms with E-state index in [1.165, 1.54) is 0 Å². The number of piperidine rings is 1. The van der Waals surface area contributed by atoms with Gasteiger partial charge < -0.3 is 20.1 Å². The third kappa shape index (κ3) is 2.78. The summed E-state index contributed by atoms with van der Waals surface area (Å²) in [5.41, 5.74) is 5.39. The fraction of sp³-hybridized carbons (Fsp3) is 0.923. The Bertz CT molecular complexity index is 314. The quantitative estimate of drug-likeness (QED) is 0.769. The molecule has 3 atom stereocenters. The van der Waals surface area contributed by atoms with E-state index in [2.05, 4.69) is 0 Å². The van der Waals surface area contributed by atoms with E-state index >= 15 is 0 Å². The fourth-order valence-corrected chi connectivity index (χ4v) is 2.92. The summed E-state index contributed by atoms with van der Waals surface area (Å²) in [7, 11) is 0. The number of amides is 1.